The van der Waals surface area contributed by atoms with Crippen LogP contribution in [0.4, 0.5) is 5.69 Å². The molecule has 1 aromatic carbocycles. The first-order chi connectivity index (χ1) is 11.0. The van der Waals surface area contributed by atoms with Crippen LogP contribution in [0.2, 0.25) is 0 Å². The number of amides is 1. The van der Waals surface area contributed by atoms with E-state index in [1.165, 1.54) is 0 Å². The molecule has 1 amide bonds. The Morgan fingerprint density at radius 3 is 2.39 bits per heavy atom. The molecule has 0 aliphatic rings. The summed E-state index contributed by atoms with van der Waals surface area (Å²) in [6.45, 7) is 5.87. The average molecular weight is 306 g/mol. The highest BCUT2D eigenvalue weighted by atomic mass is 16.1. The lowest BCUT2D eigenvalue weighted by Crippen LogP contribution is -2.14. The molecule has 0 unspecified atom stereocenters. The highest BCUT2D eigenvalue weighted by molar-refractivity contribution is 6.02. The molecular weight excluding hydrogens is 288 g/mol. The van der Waals surface area contributed by atoms with Crippen molar-refractivity contribution in [1.82, 2.24) is 14.5 Å². The third-order valence-electron chi connectivity index (χ3n) is 3.78. The van der Waals surface area contributed by atoms with E-state index in [0.717, 1.165) is 28.5 Å². The molecule has 0 fully saturated rings. The molecule has 0 bridgehead atoms. The van der Waals surface area contributed by atoms with E-state index in [-0.39, 0.29) is 5.91 Å². The van der Waals surface area contributed by atoms with E-state index in [0.29, 0.717) is 5.69 Å². The van der Waals surface area contributed by atoms with Gasteiger partial charge in [0.2, 0.25) is 0 Å². The first kappa shape index (κ1) is 15.0. The maximum absolute atomic E-state index is 12.2. The minimum Gasteiger partial charge on any atom is -0.321 e. The average Bonchev–Trinajstić information content (AvgIpc) is 2.88. The van der Waals surface area contributed by atoms with Crippen LogP contribution in [0.25, 0.3) is 5.69 Å². The molecule has 2 heterocycles. The fourth-order valence-corrected chi connectivity index (χ4v) is 2.33. The summed E-state index contributed by atoms with van der Waals surface area (Å²) in [5.41, 5.74) is 5.08. The maximum Gasteiger partial charge on any atom is 0.274 e. The second-order valence-corrected chi connectivity index (χ2v) is 5.45. The first-order valence-electron chi connectivity index (χ1n) is 7.40. The van der Waals surface area contributed by atoms with Gasteiger partial charge in [0.25, 0.3) is 5.91 Å². The molecule has 5 nitrogen and oxygen atoms in total. The predicted octanol–water partition coefficient (Wildman–Crippen LogP) is 3.44. The number of aryl methyl sites for hydroxylation is 2. The SMILES string of the molecule is Cc1cccc(C(=O)Nc2ccc(-n3cnc(C)c3C)cc2)n1. The van der Waals surface area contributed by atoms with Crippen LogP contribution in [-0.4, -0.2) is 20.4 Å². The number of hydrogen-bond acceptors (Lipinski definition) is 3. The summed E-state index contributed by atoms with van der Waals surface area (Å²) in [6.07, 6.45) is 1.80. The number of carbonyl (C=O) groups excluding carboxylic acids is 1. The van der Waals surface area contributed by atoms with Crippen molar-refractivity contribution in [2.24, 2.45) is 0 Å². The van der Waals surface area contributed by atoms with Crippen LogP contribution in [0.3, 0.4) is 0 Å². The second kappa shape index (κ2) is 6.04. The molecule has 116 valence electrons. The Kier molecular flexibility index (Phi) is 3.93. The zero-order chi connectivity index (χ0) is 16.4. The van der Waals surface area contributed by atoms with E-state index >= 15 is 0 Å². The Labute approximate surface area is 135 Å². The Bertz CT molecular complexity index is 850. The molecule has 0 spiro atoms. The van der Waals surface area contributed by atoms with Crippen LogP contribution in [0.1, 0.15) is 27.6 Å². The standard InChI is InChI=1S/C18H18N4O/c1-12-5-4-6-17(20-12)18(23)21-15-7-9-16(10-8-15)22-11-19-13(2)14(22)3/h4-11H,1-3H3,(H,21,23). The molecule has 3 rings (SSSR count). The van der Waals surface area contributed by atoms with E-state index in [9.17, 15) is 4.79 Å². The lowest BCUT2D eigenvalue weighted by molar-refractivity contribution is 0.102. The molecule has 23 heavy (non-hydrogen) atoms. The zero-order valence-electron chi connectivity index (χ0n) is 13.4. The normalized spacial score (nSPS) is 10.6. The zero-order valence-corrected chi connectivity index (χ0v) is 13.4. The van der Waals surface area contributed by atoms with Crippen molar-refractivity contribution in [3.63, 3.8) is 0 Å². The number of imidazole rings is 1. The van der Waals surface area contributed by atoms with Gasteiger partial charge in [-0.15, -0.1) is 0 Å². The van der Waals surface area contributed by atoms with E-state index in [2.05, 4.69) is 15.3 Å². The Hall–Kier alpha value is -2.95. The summed E-state index contributed by atoms with van der Waals surface area (Å²) in [5, 5.41) is 2.86. The van der Waals surface area contributed by atoms with Gasteiger partial charge in [0.1, 0.15) is 5.69 Å². The molecule has 0 saturated carbocycles. The molecule has 1 N–H and O–H groups in total. The number of nitrogens with zero attached hydrogens (tertiary/aromatic N) is 3. The van der Waals surface area contributed by atoms with Gasteiger partial charge in [0.05, 0.1) is 12.0 Å². The molecule has 3 aromatic rings. The van der Waals surface area contributed by atoms with E-state index < -0.39 is 0 Å². The van der Waals surface area contributed by atoms with Crippen LogP contribution in [0, 0.1) is 20.8 Å². The largest absolute Gasteiger partial charge is 0.321 e. The highest BCUT2D eigenvalue weighted by Gasteiger charge is 2.08. The summed E-state index contributed by atoms with van der Waals surface area (Å²) >= 11 is 0. The summed E-state index contributed by atoms with van der Waals surface area (Å²) in [4.78, 5) is 20.7. The number of pyridine rings is 1. The fraction of sp³-hybridized carbons (Fsp3) is 0.167. The molecule has 5 heteroatoms. The van der Waals surface area contributed by atoms with E-state index in [1.807, 2.05) is 61.7 Å². The third-order valence-corrected chi connectivity index (χ3v) is 3.78. The van der Waals surface area contributed by atoms with Gasteiger partial charge in [0, 0.05) is 22.8 Å². The van der Waals surface area contributed by atoms with Crippen molar-refractivity contribution >= 4 is 11.6 Å². The lowest BCUT2D eigenvalue weighted by atomic mass is 10.2. The smallest absolute Gasteiger partial charge is 0.274 e. The van der Waals surface area contributed by atoms with Gasteiger partial charge in [-0.05, 0) is 57.2 Å². The minimum absolute atomic E-state index is 0.212. The number of hydrogen-bond donors (Lipinski definition) is 1. The summed E-state index contributed by atoms with van der Waals surface area (Å²) in [7, 11) is 0. The number of nitrogens with one attached hydrogen (secondary N) is 1. The Morgan fingerprint density at radius 2 is 1.78 bits per heavy atom. The monoisotopic (exact) mass is 306 g/mol. The summed E-state index contributed by atoms with van der Waals surface area (Å²) in [5.74, 6) is -0.212. The van der Waals surface area contributed by atoms with Gasteiger partial charge in [-0.1, -0.05) is 6.07 Å². The fourth-order valence-electron chi connectivity index (χ4n) is 2.33. The van der Waals surface area contributed by atoms with Crippen LogP contribution < -0.4 is 5.32 Å². The molecule has 0 radical (unpaired) electrons. The molecule has 0 aliphatic heterocycles. The van der Waals surface area contributed by atoms with Gasteiger partial charge in [-0.2, -0.15) is 0 Å². The molecular formula is C18H18N4O. The van der Waals surface area contributed by atoms with E-state index in [4.69, 9.17) is 0 Å². The number of benzene rings is 1. The number of anilines is 1. The van der Waals surface area contributed by atoms with Gasteiger partial charge in [-0.25, -0.2) is 9.97 Å². The Morgan fingerprint density at radius 1 is 1.04 bits per heavy atom. The van der Waals surface area contributed by atoms with Crippen LogP contribution >= 0.6 is 0 Å². The van der Waals surface area contributed by atoms with Gasteiger partial charge < -0.3 is 9.88 Å². The Balaban J connectivity index is 1.78. The topological polar surface area (TPSA) is 59.8 Å². The second-order valence-electron chi connectivity index (χ2n) is 5.45. The van der Waals surface area contributed by atoms with Crippen LogP contribution in [-0.2, 0) is 0 Å². The number of carbonyl (C=O) groups is 1. The molecule has 0 atom stereocenters. The maximum atomic E-state index is 12.2. The lowest BCUT2D eigenvalue weighted by Gasteiger charge is -2.08. The summed E-state index contributed by atoms with van der Waals surface area (Å²) < 4.78 is 2.02. The quantitative estimate of drug-likeness (QED) is 0.806. The first-order valence-corrected chi connectivity index (χ1v) is 7.40. The van der Waals surface area contributed by atoms with Crippen molar-refractivity contribution < 1.29 is 4.79 Å². The number of rotatable bonds is 3. The molecule has 0 aliphatic carbocycles. The third kappa shape index (κ3) is 3.13. The molecule has 2 aromatic heterocycles. The van der Waals surface area contributed by atoms with Gasteiger partial charge in [-0.3, -0.25) is 4.79 Å². The van der Waals surface area contributed by atoms with Crippen molar-refractivity contribution in [1.29, 1.82) is 0 Å². The summed E-state index contributed by atoms with van der Waals surface area (Å²) in [6, 6.07) is 13.0. The minimum atomic E-state index is -0.212. The molecule has 0 saturated heterocycles. The van der Waals surface area contributed by atoms with Crippen molar-refractivity contribution in [3.05, 3.63) is 71.6 Å². The van der Waals surface area contributed by atoms with Gasteiger partial charge in [0.15, 0.2) is 0 Å². The van der Waals surface area contributed by atoms with E-state index in [1.54, 1.807) is 12.4 Å². The number of aromatic nitrogens is 3. The highest BCUT2D eigenvalue weighted by Crippen LogP contribution is 2.17. The van der Waals surface area contributed by atoms with Crippen molar-refractivity contribution in [2.45, 2.75) is 20.8 Å². The van der Waals surface area contributed by atoms with Crippen LogP contribution in [0.5, 0.6) is 0 Å². The van der Waals surface area contributed by atoms with Crippen molar-refractivity contribution in [3.8, 4) is 5.69 Å². The van der Waals surface area contributed by atoms with Crippen molar-refractivity contribution in [2.75, 3.05) is 5.32 Å². The van der Waals surface area contributed by atoms with Gasteiger partial charge >= 0.3 is 0 Å². The van der Waals surface area contributed by atoms with Crippen LogP contribution in [0.15, 0.2) is 48.8 Å². The predicted molar refractivity (Wildman–Crippen MR) is 90.0 cm³/mol.